The van der Waals surface area contributed by atoms with Crippen LogP contribution >= 0.6 is 0 Å². The Labute approximate surface area is 105 Å². The number of nitrogens with two attached hydrogens (primary N) is 1. The number of carbonyl (C=O) groups is 1. The van der Waals surface area contributed by atoms with E-state index in [1.54, 1.807) is 6.20 Å². The van der Waals surface area contributed by atoms with Gasteiger partial charge in [0.15, 0.2) is 5.82 Å². The zero-order chi connectivity index (χ0) is 12.8. The molecule has 0 aliphatic heterocycles. The minimum atomic E-state index is -0.250. The van der Waals surface area contributed by atoms with Gasteiger partial charge in [-0.25, -0.2) is 0 Å². The number of anilines is 1. The molecule has 2 aromatic rings. The van der Waals surface area contributed by atoms with Crippen molar-refractivity contribution in [2.75, 3.05) is 11.9 Å². The van der Waals surface area contributed by atoms with Crippen molar-refractivity contribution < 1.29 is 4.79 Å². The Bertz CT molecular complexity index is 536. The monoisotopic (exact) mass is 244 g/mol. The number of hydrogen-bond donors (Lipinski definition) is 2. The minimum absolute atomic E-state index is 0.250. The molecule has 0 bridgehead atoms. The molecule has 1 heterocycles. The number of amides is 1. The number of hydrogen-bond acceptors (Lipinski definition) is 4. The van der Waals surface area contributed by atoms with E-state index >= 15 is 0 Å². The van der Waals surface area contributed by atoms with Gasteiger partial charge < -0.3 is 11.1 Å². The molecule has 1 aromatic heterocycles. The fourth-order valence-electron chi connectivity index (χ4n) is 1.79. The first kappa shape index (κ1) is 12.3. The van der Waals surface area contributed by atoms with Gasteiger partial charge in [0.05, 0.1) is 6.20 Å². The molecule has 0 saturated carbocycles. The summed E-state index contributed by atoms with van der Waals surface area (Å²) in [5.41, 5.74) is 5.08. The van der Waals surface area contributed by atoms with Crippen LogP contribution in [0.25, 0.3) is 10.8 Å². The fourth-order valence-corrected chi connectivity index (χ4v) is 1.79. The molecule has 0 spiro atoms. The molecule has 0 saturated heterocycles. The van der Waals surface area contributed by atoms with Crippen LogP contribution in [0.2, 0.25) is 0 Å². The van der Waals surface area contributed by atoms with Crippen LogP contribution in [0, 0.1) is 0 Å². The van der Waals surface area contributed by atoms with E-state index in [2.05, 4.69) is 15.5 Å². The molecule has 1 aromatic carbocycles. The van der Waals surface area contributed by atoms with E-state index in [0.717, 1.165) is 36.0 Å². The quantitative estimate of drug-likeness (QED) is 0.758. The third-order valence-corrected chi connectivity index (χ3v) is 2.71. The summed E-state index contributed by atoms with van der Waals surface area (Å²) in [6, 6.07) is 7.96. The van der Waals surface area contributed by atoms with Crippen LogP contribution in [0.3, 0.4) is 0 Å². The van der Waals surface area contributed by atoms with Gasteiger partial charge in [-0.05, 0) is 12.8 Å². The number of rotatable bonds is 6. The molecule has 0 fully saturated rings. The summed E-state index contributed by atoms with van der Waals surface area (Å²) in [7, 11) is 0. The first-order chi connectivity index (χ1) is 8.77. The lowest BCUT2D eigenvalue weighted by Gasteiger charge is -2.07. The third-order valence-electron chi connectivity index (χ3n) is 2.71. The van der Waals surface area contributed by atoms with Crippen molar-refractivity contribution in [1.29, 1.82) is 0 Å². The van der Waals surface area contributed by atoms with E-state index in [0.29, 0.717) is 6.42 Å². The largest absolute Gasteiger partial charge is 0.370 e. The van der Waals surface area contributed by atoms with Gasteiger partial charge in [-0.15, -0.1) is 5.10 Å². The van der Waals surface area contributed by atoms with E-state index in [1.165, 1.54) is 0 Å². The average Bonchev–Trinajstić information content (AvgIpc) is 2.38. The van der Waals surface area contributed by atoms with Crippen LogP contribution in [0.5, 0.6) is 0 Å². The van der Waals surface area contributed by atoms with Crippen molar-refractivity contribution in [3.05, 3.63) is 30.5 Å². The summed E-state index contributed by atoms with van der Waals surface area (Å²) in [5, 5.41) is 13.4. The Kier molecular flexibility index (Phi) is 4.06. The Hall–Kier alpha value is -2.17. The first-order valence-corrected chi connectivity index (χ1v) is 6.00. The van der Waals surface area contributed by atoms with Gasteiger partial charge in [0.2, 0.25) is 5.91 Å². The van der Waals surface area contributed by atoms with Crippen molar-refractivity contribution >= 4 is 22.5 Å². The molecule has 2 rings (SSSR count). The molecule has 94 valence electrons. The zero-order valence-corrected chi connectivity index (χ0v) is 10.1. The van der Waals surface area contributed by atoms with E-state index in [-0.39, 0.29) is 5.91 Å². The Morgan fingerprint density at radius 2 is 2.11 bits per heavy atom. The van der Waals surface area contributed by atoms with Gasteiger partial charge in [0.25, 0.3) is 0 Å². The molecule has 0 radical (unpaired) electrons. The zero-order valence-electron chi connectivity index (χ0n) is 10.1. The van der Waals surface area contributed by atoms with E-state index in [1.807, 2.05) is 24.3 Å². The van der Waals surface area contributed by atoms with Gasteiger partial charge in [0, 0.05) is 23.7 Å². The predicted molar refractivity (Wildman–Crippen MR) is 71.1 cm³/mol. The van der Waals surface area contributed by atoms with Crippen LogP contribution in [0.4, 0.5) is 5.82 Å². The fraction of sp³-hybridized carbons (Fsp3) is 0.308. The highest BCUT2D eigenvalue weighted by molar-refractivity contribution is 5.90. The number of benzene rings is 1. The van der Waals surface area contributed by atoms with Crippen molar-refractivity contribution in [2.45, 2.75) is 19.3 Å². The van der Waals surface area contributed by atoms with Gasteiger partial charge in [0.1, 0.15) is 0 Å². The lowest BCUT2D eigenvalue weighted by molar-refractivity contribution is -0.118. The Balaban J connectivity index is 1.93. The molecule has 0 aliphatic carbocycles. The van der Waals surface area contributed by atoms with Crippen LogP contribution in [-0.2, 0) is 4.79 Å². The molecule has 3 N–H and O–H groups in total. The summed E-state index contributed by atoms with van der Waals surface area (Å²) in [4.78, 5) is 10.6. The molecule has 0 unspecified atom stereocenters. The van der Waals surface area contributed by atoms with Gasteiger partial charge >= 0.3 is 0 Å². The van der Waals surface area contributed by atoms with Crippen molar-refractivity contribution in [3.8, 4) is 0 Å². The summed E-state index contributed by atoms with van der Waals surface area (Å²) in [6.07, 6.45) is 3.85. The van der Waals surface area contributed by atoms with E-state index in [4.69, 9.17) is 5.73 Å². The second-order valence-electron chi connectivity index (χ2n) is 4.13. The Morgan fingerprint density at radius 3 is 2.94 bits per heavy atom. The number of fused-ring (bicyclic) bond motifs is 1. The van der Waals surface area contributed by atoms with Crippen LogP contribution in [0.1, 0.15) is 19.3 Å². The van der Waals surface area contributed by atoms with Gasteiger partial charge in [-0.2, -0.15) is 5.10 Å². The van der Waals surface area contributed by atoms with Crippen LogP contribution in [-0.4, -0.2) is 22.6 Å². The first-order valence-electron chi connectivity index (χ1n) is 6.00. The number of primary amides is 1. The molecule has 0 atom stereocenters. The number of aromatic nitrogens is 2. The molecule has 1 amide bonds. The van der Waals surface area contributed by atoms with Gasteiger partial charge in [-0.1, -0.05) is 24.3 Å². The molecular weight excluding hydrogens is 228 g/mol. The highest BCUT2D eigenvalue weighted by Gasteiger charge is 2.01. The number of unbranched alkanes of at least 4 members (excludes halogenated alkanes) is 1. The number of carbonyl (C=O) groups excluding carboxylic acids is 1. The minimum Gasteiger partial charge on any atom is -0.370 e. The molecule has 5 heteroatoms. The van der Waals surface area contributed by atoms with Crippen molar-refractivity contribution in [1.82, 2.24) is 10.2 Å². The standard InChI is InChI=1S/C13H16N4O/c14-12(18)7-3-4-8-15-13-11-6-2-1-5-10(11)9-16-17-13/h1-2,5-6,9H,3-4,7-8H2,(H2,14,18)(H,15,17). The topological polar surface area (TPSA) is 80.9 Å². The average molecular weight is 244 g/mol. The van der Waals surface area contributed by atoms with Crippen LogP contribution < -0.4 is 11.1 Å². The lowest BCUT2D eigenvalue weighted by Crippen LogP contribution is -2.11. The second kappa shape index (κ2) is 5.95. The van der Waals surface area contributed by atoms with E-state index < -0.39 is 0 Å². The smallest absolute Gasteiger partial charge is 0.217 e. The highest BCUT2D eigenvalue weighted by atomic mass is 16.1. The lowest BCUT2D eigenvalue weighted by atomic mass is 10.2. The number of nitrogens with zero attached hydrogens (tertiary/aromatic N) is 2. The van der Waals surface area contributed by atoms with Crippen molar-refractivity contribution in [3.63, 3.8) is 0 Å². The summed E-state index contributed by atoms with van der Waals surface area (Å²) in [5.74, 6) is 0.534. The third kappa shape index (κ3) is 3.16. The number of nitrogens with one attached hydrogen (secondary N) is 1. The van der Waals surface area contributed by atoms with E-state index in [9.17, 15) is 4.79 Å². The molecule has 5 nitrogen and oxygen atoms in total. The van der Waals surface area contributed by atoms with Crippen molar-refractivity contribution in [2.24, 2.45) is 5.73 Å². The summed E-state index contributed by atoms with van der Waals surface area (Å²) in [6.45, 7) is 0.760. The molecule has 0 aliphatic rings. The predicted octanol–water partition coefficient (Wildman–Crippen LogP) is 1.70. The maximum absolute atomic E-state index is 10.6. The normalized spacial score (nSPS) is 10.4. The maximum Gasteiger partial charge on any atom is 0.217 e. The maximum atomic E-state index is 10.6. The second-order valence-corrected chi connectivity index (χ2v) is 4.13. The highest BCUT2D eigenvalue weighted by Crippen LogP contribution is 2.18. The molecule has 18 heavy (non-hydrogen) atoms. The van der Waals surface area contributed by atoms with Gasteiger partial charge in [-0.3, -0.25) is 4.79 Å². The Morgan fingerprint density at radius 1 is 1.28 bits per heavy atom. The van der Waals surface area contributed by atoms with Crippen LogP contribution in [0.15, 0.2) is 30.5 Å². The summed E-state index contributed by atoms with van der Waals surface area (Å²) >= 11 is 0. The SMILES string of the molecule is NC(=O)CCCCNc1nncc2ccccc12. The summed E-state index contributed by atoms with van der Waals surface area (Å²) < 4.78 is 0. The molecular formula is C13H16N4O.